The molecule has 0 radical (unpaired) electrons. The van der Waals surface area contributed by atoms with Crippen LogP contribution < -0.4 is 0 Å². The second kappa shape index (κ2) is 4.76. The molecule has 0 aliphatic heterocycles. The van der Waals surface area contributed by atoms with Gasteiger partial charge in [-0.15, -0.1) is 0 Å². The molecule has 0 N–H and O–H groups in total. The van der Waals surface area contributed by atoms with Crippen molar-refractivity contribution in [2.45, 2.75) is 26.8 Å². The van der Waals surface area contributed by atoms with Gasteiger partial charge in [-0.3, -0.25) is 0 Å². The van der Waals surface area contributed by atoms with Crippen molar-refractivity contribution in [1.29, 1.82) is 0 Å². The van der Waals surface area contributed by atoms with E-state index in [2.05, 4.69) is 40.5 Å². The number of methoxy groups -OCH3 is 1. The van der Waals surface area contributed by atoms with Crippen LogP contribution in [0.3, 0.4) is 0 Å². The van der Waals surface area contributed by atoms with E-state index in [1.807, 2.05) is 19.1 Å². The number of ether oxygens (including phenoxy) is 1. The van der Waals surface area contributed by atoms with E-state index in [4.69, 9.17) is 4.74 Å². The Bertz CT molecular complexity index is 614. The summed E-state index contributed by atoms with van der Waals surface area (Å²) in [4.78, 5) is 11.9. The third kappa shape index (κ3) is 2.05. The van der Waals surface area contributed by atoms with Gasteiger partial charge in [-0.1, -0.05) is 15.9 Å². The summed E-state index contributed by atoms with van der Waals surface area (Å²) in [5.41, 5.74) is 2.75. The molecule has 2 aromatic rings. The Morgan fingerprint density at radius 3 is 2.61 bits per heavy atom. The molecule has 0 spiro atoms. The number of aryl methyl sites for hydroxylation is 1. The van der Waals surface area contributed by atoms with Crippen LogP contribution in [-0.4, -0.2) is 17.6 Å². The van der Waals surface area contributed by atoms with Gasteiger partial charge in [-0.2, -0.15) is 0 Å². The summed E-state index contributed by atoms with van der Waals surface area (Å²) >= 11 is 3.45. The first kappa shape index (κ1) is 13.1. The fourth-order valence-electron chi connectivity index (χ4n) is 2.25. The Hall–Kier alpha value is -1.29. The first-order chi connectivity index (χ1) is 8.45. The highest BCUT2D eigenvalue weighted by Crippen LogP contribution is 2.31. The predicted octanol–water partition coefficient (Wildman–Crippen LogP) is 4.08. The Labute approximate surface area is 115 Å². The average molecular weight is 310 g/mol. The van der Waals surface area contributed by atoms with E-state index >= 15 is 0 Å². The van der Waals surface area contributed by atoms with Crippen LogP contribution in [0, 0.1) is 6.92 Å². The maximum Gasteiger partial charge on any atom is 0.338 e. The van der Waals surface area contributed by atoms with Crippen LogP contribution >= 0.6 is 15.9 Å². The zero-order valence-electron chi connectivity index (χ0n) is 11.0. The molecule has 0 bridgehead atoms. The molecule has 2 rings (SSSR count). The molecule has 0 aliphatic carbocycles. The minimum atomic E-state index is -0.300. The maximum absolute atomic E-state index is 11.9. The van der Waals surface area contributed by atoms with Crippen molar-refractivity contribution < 1.29 is 9.53 Å². The topological polar surface area (TPSA) is 31.2 Å². The summed E-state index contributed by atoms with van der Waals surface area (Å²) in [6, 6.07) is 4.20. The summed E-state index contributed by atoms with van der Waals surface area (Å²) < 4.78 is 7.91. The summed E-state index contributed by atoms with van der Waals surface area (Å²) in [5.74, 6) is -0.300. The number of hydrogen-bond donors (Lipinski definition) is 0. The van der Waals surface area contributed by atoms with E-state index < -0.39 is 0 Å². The molecule has 1 aromatic heterocycles. The third-order valence-corrected chi connectivity index (χ3v) is 3.51. The number of rotatable bonds is 2. The molecule has 1 heterocycles. The number of aromatic nitrogens is 1. The molecule has 0 amide bonds. The van der Waals surface area contributed by atoms with Gasteiger partial charge in [-0.05, 0) is 38.5 Å². The number of benzene rings is 1. The Morgan fingerprint density at radius 1 is 1.39 bits per heavy atom. The maximum atomic E-state index is 11.9. The number of nitrogens with zero attached hydrogens (tertiary/aromatic N) is 1. The van der Waals surface area contributed by atoms with Gasteiger partial charge in [0.1, 0.15) is 0 Å². The van der Waals surface area contributed by atoms with Crippen LogP contribution in [-0.2, 0) is 4.74 Å². The number of carbonyl (C=O) groups is 1. The number of halogens is 1. The molecule has 1 aromatic carbocycles. The molecule has 0 saturated heterocycles. The molecular formula is C14H16BrNO2. The van der Waals surface area contributed by atoms with Crippen molar-refractivity contribution in [2.75, 3.05) is 7.11 Å². The van der Waals surface area contributed by atoms with Crippen molar-refractivity contribution in [3.8, 4) is 0 Å². The highest BCUT2D eigenvalue weighted by atomic mass is 79.9. The van der Waals surface area contributed by atoms with Gasteiger partial charge in [0.25, 0.3) is 0 Å². The smallest absolute Gasteiger partial charge is 0.338 e. The highest BCUT2D eigenvalue weighted by molar-refractivity contribution is 9.10. The SMILES string of the molecule is COC(=O)c1cc(Br)cc2c1c(C)cn2C(C)C. The van der Waals surface area contributed by atoms with E-state index in [0.717, 1.165) is 20.9 Å². The second-order valence-corrected chi connectivity index (χ2v) is 5.57. The van der Waals surface area contributed by atoms with Crippen LogP contribution in [0.2, 0.25) is 0 Å². The Morgan fingerprint density at radius 2 is 2.06 bits per heavy atom. The van der Waals surface area contributed by atoms with E-state index in [9.17, 15) is 4.79 Å². The van der Waals surface area contributed by atoms with Crippen LogP contribution in [0.1, 0.15) is 35.8 Å². The van der Waals surface area contributed by atoms with Gasteiger partial charge in [0.2, 0.25) is 0 Å². The molecule has 4 heteroatoms. The molecule has 0 unspecified atom stereocenters. The fraction of sp³-hybridized carbons (Fsp3) is 0.357. The summed E-state index contributed by atoms with van der Waals surface area (Å²) in [7, 11) is 1.41. The van der Waals surface area contributed by atoms with Crippen molar-refractivity contribution in [3.63, 3.8) is 0 Å². The lowest BCUT2D eigenvalue weighted by molar-refractivity contribution is 0.0603. The fourth-order valence-corrected chi connectivity index (χ4v) is 2.70. The lowest BCUT2D eigenvalue weighted by atomic mass is 10.1. The number of carbonyl (C=O) groups excluding carboxylic acids is 1. The zero-order chi connectivity index (χ0) is 13.4. The van der Waals surface area contributed by atoms with Gasteiger partial charge >= 0.3 is 5.97 Å². The molecule has 0 atom stereocenters. The molecule has 0 fully saturated rings. The normalized spacial score (nSPS) is 11.2. The number of hydrogen-bond acceptors (Lipinski definition) is 2. The lowest BCUT2D eigenvalue weighted by Crippen LogP contribution is -2.03. The van der Waals surface area contributed by atoms with Gasteiger partial charge in [0.15, 0.2) is 0 Å². The monoisotopic (exact) mass is 309 g/mol. The van der Waals surface area contributed by atoms with E-state index in [1.54, 1.807) is 0 Å². The van der Waals surface area contributed by atoms with E-state index in [1.165, 1.54) is 7.11 Å². The minimum Gasteiger partial charge on any atom is -0.465 e. The van der Waals surface area contributed by atoms with Gasteiger partial charge < -0.3 is 9.30 Å². The largest absolute Gasteiger partial charge is 0.465 e. The molecule has 96 valence electrons. The summed E-state index contributed by atoms with van der Waals surface area (Å²) in [6.45, 7) is 6.26. The Balaban J connectivity index is 2.84. The van der Waals surface area contributed by atoms with Crippen LogP contribution in [0.4, 0.5) is 0 Å². The zero-order valence-corrected chi connectivity index (χ0v) is 12.5. The molecule has 0 saturated carbocycles. The van der Waals surface area contributed by atoms with Gasteiger partial charge in [0.05, 0.1) is 18.2 Å². The number of esters is 1. The van der Waals surface area contributed by atoms with Crippen LogP contribution in [0.15, 0.2) is 22.8 Å². The molecule has 3 nitrogen and oxygen atoms in total. The minimum absolute atomic E-state index is 0.300. The summed E-state index contributed by atoms with van der Waals surface area (Å²) in [5, 5.41) is 0.971. The molecule has 18 heavy (non-hydrogen) atoms. The van der Waals surface area contributed by atoms with Crippen molar-refractivity contribution in [2.24, 2.45) is 0 Å². The molecule has 0 aliphatic rings. The quantitative estimate of drug-likeness (QED) is 0.783. The lowest BCUT2D eigenvalue weighted by Gasteiger charge is -2.10. The standard InChI is InChI=1S/C14H16BrNO2/c1-8(2)16-7-9(3)13-11(14(17)18-4)5-10(15)6-12(13)16/h5-8H,1-4H3. The highest BCUT2D eigenvalue weighted by Gasteiger charge is 2.17. The van der Waals surface area contributed by atoms with E-state index in [0.29, 0.717) is 11.6 Å². The Kier molecular flexibility index (Phi) is 3.48. The van der Waals surface area contributed by atoms with Crippen molar-refractivity contribution in [3.05, 3.63) is 33.9 Å². The first-order valence-electron chi connectivity index (χ1n) is 5.84. The van der Waals surface area contributed by atoms with Crippen LogP contribution in [0.5, 0.6) is 0 Å². The summed E-state index contributed by atoms with van der Waals surface area (Å²) in [6.07, 6.45) is 2.08. The van der Waals surface area contributed by atoms with Crippen LogP contribution in [0.25, 0.3) is 10.9 Å². The average Bonchev–Trinajstić information content (AvgIpc) is 2.64. The van der Waals surface area contributed by atoms with Gasteiger partial charge in [-0.25, -0.2) is 4.79 Å². The van der Waals surface area contributed by atoms with E-state index in [-0.39, 0.29) is 5.97 Å². The predicted molar refractivity (Wildman–Crippen MR) is 76.1 cm³/mol. The van der Waals surface area contributed by atoms with Crippen molar-refractivity contribution >= 4 is 32.8 Å². The van der Waals surface area contributed by atoms with Gasteiger partial charge in [0, 0.05) is 22.1 Å². The van der Waals surface area contributed by atoms with Crippen molar-refractivity contribution in [1.82, 2.24) is 4.57 Å². The number of fused-ring (bicyclic) bond motifs is 1. The first-order valence-corrected chi connectivity index (χ1v) is 6.64. The molecular weight excluding hydrogens is 294 g/mol. The second-order valence-electron chi connectivity index (χ2n) is 4.65. The third-order valence-electron chi connectivity index (χ3n) is 3.05.